The van der Waals surface area contributed by atoms with Gasteiger partial charge in [0.05, 0.1) is 16.8 Å². The van der Waals surface area contributed by atoms with Gasteiger partial charge >= 0.3 is 0 Å². The fourth-order valence-corrected chi connectivity index (χ4v) is 3.33. The number of fused-ring (bicyclic) bond motifs is 1. The number of benzene rings is 2. The fraction of sp³-hybridized carbons (Fsp3) is 0.150. The van der Waals surface area contributed by atoms with Crippen molar-refractivity contribution in [3.8, 4) is 0 Å². The van der Waals surface area contributed by atoms with Crippen LogP contribution >= 0.6 is 0 Å². The van der Waals surface area contributed by atoms with E-state index in [2.05, 4.69) is 10.4 Å². The van der Waals surface area contributed by atoms with E-state index in [1.54, 1.807) is 24.3 Å². The first-order valence-electron chi connectivity index (χ1n) is 8.85. The smallest absolute Gasteiger partial charge is 0.271 e. The summed E-state index contributed by atoms with van der Waals surface area (Å²) in [4.78, 5) is 49.6. The number of nitrogens with zero attached hydrogens (tertiary/aromatic N) is 3. The van der Waals surface area contributed by atoms with Crippen molar-refractivity contribution in [1.29, 1.82) is 0 Å². The Bertz CT molecular complexity index is 1080. The number of rotatable bonds is 4. The second-order valence-corrected chi connectivity index (χ2v) is 6.73. The van der Waals surface area contributed by atoms with Crippen molar-refractivity contribution in [1.82, 2.24) is 4.90 Å². The number of nitrogens with one attached hydrogen (secondary N) is 1. The monoisotopic (exact) mass is 391 g/mol. The standard InChI is InChI=1S/C20H17N5O4/c1-24-19(28)13-8-7-11(9-14(13)20(24)29)22-18(27)15-10-16(17(21)26)25(23-15)12-5-3-2-4-6-12/h2-9,16H,10H2,1H3,(H2,21,26)(H,22,27). The van der Waals surface area contributed by atoms with Gasteiger partial charge in [-0.05, 0) is 30.3 Å². The number of carbonyl (C=O) groups is 4. The summed E-state index contributed by atoms with van der Waals surface area (Å²) >= 11 is 0. The Morgan fingerprint density at radius 3 is 2.45 bits per heavy atom. The topological polar surface area (TPSA) is 125 Å². The van der Waals surface area contributed by atoms with Crippen molar-refractivity contribution in [3.05, 3.63) is 59.7 Å². The lowest BCUT2D eigenvalue weighted by Gasteiger charge is -2.20. The van der Waals surface area contributed by atoms with Gasteiger partial charge in [-0.3, -0.25) is 29.1 Å². The molecule has 2 aromatic carbocycles. The van der Waals surface area contributed by atoms with E-state index in [1.165, 1.54) is 30.3 Å². The molecule has 4 rings (SSSR count). The maximum atomic E-state index is 12.7. The molecule has 2 aromatic rings. The average molecular weight is 391 g/mol. The molecule has 0 spiro atoms. The van der Waals surface area contributed by atoms with Gasteiger partial charge in [0.15, 0.2) is 0 Å². The third-order valence-electron chi connectivity index (χ3n) is 4.87. The van der Waals surface area contributed by atoms with E-state index in [-0.39, 0.29) is 29.2 Å². The van der Waals surface area contributed by atoms with Crippen LogP contribution in [0.1, 0.15) is 27.1 Å². The van der Waals surface area contributed by atoms with Crippen LogP contribution in [0.25, 0.3) is 0 Å². The molecule has 0 aliphatic carbocycles. The van der Waals surface area contributed by atoms with Crippen LogP contribution in [0, 0.1) is 0 Å². The van der Waals surface area contributed by atoms with Gasteiger partial charge in [-0.25, -0.2) is 0 Å². The lowest BCUT2D eigenvalue weighted by Crippen LogP contribution is -2.39. The van der Waals surface area contributed by atoms with E-state index in [1.807, 2.05) is 6.07 Å². The van der Waals surface area contributed by atoms with Crippen molar-refractivity contribution in [2.45, 2.75) is 12.5 Å². The second kappa shape index (κ2) is 6.86. The minimum absolute atomic E-state index is 0.0567. The Hall–Kier alpha value is -4.01. The number of imide groups is 1. The molecule has 9 nitrogen and oxygen atoms in total. The first-order chi connectivity index (χ1) is 13.9. The zero-order valence-corrected chi connectivity index (χ0v) is 15.5. The molecule has 2 heterocycles. The van der Waals surface area contributed by atoms with Crippen LogP contribution in [0.15, 0.2) is 53.6 Å². The average Bonchev–Trinajstić information content (AvgIpc) is 3.26. The lowest BCUT2D eigenvalue weighted by molar-refractivity contribution is -0.119. The van der Waals surface area contributed by atoms with Crippen LogP contribution in [0.3, 0.4) is 0 Å². The summed E-state index contributed by atoms with van der Waals surface area (Å²) in [5.41, 5.74) is 7.13. The normalized spacial score (nSPS) is 18.0. The molecule has 0 saturated heterocycles. The largest absolute Gasteiger partial charge is 0.368 e. The zero-order chi connectivity index (χ0) is 20.7. The predicted octanol–water partition coefficient (Wildman–Crippen LogP) is 0.971. The van der Waals surface area contributed by atoms with Crippen molar-refractivity contribution < 1.29 is 19.2 Å². The van der Waals surface area contributed by atoms with Crippen molar-refractivity contribution in [2.75, 3.05) is 17.4 Å². The van der Waals surface area contributed by atoms with Gasteiger partial charge < -0.3 is 11.1 Å². The van der Waals surface area contributed by atoms with E-state index in [0.29, 0.717) is 11.4 Å². The molecule has 0 bridgehead atoms. The Morgan fingerprint density at radius 2 is 1.76 bits per heavy atom. The molecular formula is C20H17N5O4. The van der Waals surface area contributed by atoms with E-state index in [0.717, 1.165) is 4.90 Å². The number of nitrogens with two attached hydrogens (primary N) is 1. The Kier molecular flexibility index (Phi) is 4.34. The zero-order valence-electron chi connectivity index (χ0n) is 15.5. The lowest BCUT2D eigenvalue weighted by atomic mass is 10.1. The molecule has 2 aliphatic rings. The van der Waals surface area contributed by atoms with Gasteiger partial charge in [-0.1, -0.05) is 18.2 Å². The SMILES string of the molecule is CN1C(=O)c2ccc(NC(=O)C3=NN(c4ccccc4)C(C(N)=O)C3)cc2C1=O. The van der Waals surface area contributed by atoms with Gasteiger partial charge in [0.25, 0.3) is 17.7 Å². The fourth-order valence-electron chi connectivity index (χ4n) is 3.33. The summed E-state index contributed by atoms with van der Waals surface area (Å²) in [6.07, 6.45) is 0.0567. The highest BCUT2D eigenvalue weighted by Crippen LogP contribution is 2.27. The van der Waals surface area contributed by atoms with Gasteiger partial charge in [0, 0.05) is 19.2 Å². The van der Waals surface area contributed by atoms with Crippen molar-refractivity contribution in [3.63, 3.8) is 0 Å². The summed E-state index contributed by atoms with van der Waals surface area (Å²) < 4.78 is 0. The maximum Gasteiger partial charge on any atom is 0.271 e. The van der Waals surface area contributed by atoms with Crippen LogP contribution in [0.2, 0.25) is 0 Å². The molecule has 0 saturated carbocycles. The highest BCUT2D eigenvalue weighted by molar-refractivity contribution is 6.44. The number of anilines is 2. The van der Waals surface area contributed by atoms with Crippen LogP contribution in [-0.2, 0) is 9.59 Å². The van der Waals surface area contributed by atoms with Crippen molar-refractivity contribution in [2.24, 2.45) is 10.8 Å². The first kappa shape index (κ1) is 18.4. The summed E-state index contributed by atoms with van der Waals surface area (Å²) in [5, 5.41) is 8.37. The molecule has 1 unspecified atom stereocenters. The third kappa shape index (κ3) is 3.12. The van der Waals surface area contributed by atoms with Crippen LogP contribution in [0.5, 0.6) is 0 Å². The quantitative estimate of drug-likeness (QED) is 0.752. The molecule has 146 valence electrons. The maximum absolute atomic E-state index is 12.7. The van der Waals surface area contributed by atoms with E-state index in [9.17, 15) is 19.2 Å². The highest BCUT2D eigenvalue weighted by Gasteiger charge is 2.36. The van der Waals surface area contributed by atoms with Crippen LogP contribution in [-0.4, -0.2) is 47.3 Å². The van der Waals surface area contributed by atoms with E-state index in [4.69, 9.17) is 5.73 Å². The molecule has 29 heavy (non-hydrogen) atoms. The van der Waals surface area contributed by atoms with Gasteiger partial charge in [0.2, 0.25) is 5.91 Å². The number of hydrogen-bond donors (Lipinski definition) is 2. The number of hydrogen-bond acceptors (Lipinski definition) is 6. The number of carbonyl (C=O) groups excluding carboxylic acids is 4. The van der Waals surface area contributed by atoms with E-state index < -0.39 is 23.8 Å². The second-order valence-electron chi connectivity index (χ2n) is 6.73. The minimum atomic E-state index is -0.772. The molecule has 2 aliphatic heterocycles. The number of primary amides is 1. The summed E-state index contributed by atoms with van der Waals surface area (Å²) in [7, 11) is 1.40. The minimum Gasteiger partial charge on any atom is -0.368 e. The molecule has 4 amide bonds. The Balaban J connectivity index is 1.57. The van der Waals surface area contributed by atoms with E-state index >= 15 is 0 Å². The summed E-state index contributed by atoms with van der Waals surface area (Å²) in [5.74, 6) is -1.92. The van der Waals surface area contributed by atoms with Gasteiger partial charge in [-0.2, -0.15) is 5.10 Å². The van der Waals surface area contributed by atoms with Crippen LogP contribution in [0.4, 0.5) is 11.4 Å². The molecule has 3 N–H and O–H groups in total. The number of amides is 4. The molecule has 0 aromatic heterocycles. The van der Waals surface area contributed by atoms with Crippen molar-refractivity contribution >= 4 is 40.7 Å². The summed E-state index contributed by atoms with van der Waals surface area (Å²) in [6, 6.07) is 12.7. The summed E-state index contributed by atoms with van der Waals surface area (Å²) in [6.45, 7) is 0. The first-order valence-corrected chi connectivity index (χ1v) is 8.85. The molecule has 0 radical (unpaired) electrons. The predicted molar refractivity (Wildman–Crippen MR) is 105 cm³/mol. The third-order valence-corrected chi connectivity index (χ3v) is 4.87. The molecular weight excluding hydrogens is 374 g/mol. The number of para-hydroxylation sites is 1. The molecule has 9 heteroatoms. The highest BCUT2D eigenvalue weighted by atomic mass is 16.2. The number of hydrazone groups is 1. The molecule has 0 fully saturated rings. The molecule has 1 atom stereocenters. The van der Waals surface area contributed by atoms with Crippen LogP contribution < -0.4 is 16.1 Å². The Morgan fingerprint density at radius 1 is 1.07 bits per heavy atom. The van der Waals surface area contributed by atoms with Gasteiger partial charge in [0.1, 0.15) is 11.8 Å². The Labute approximate surface area is 165 Å². The van der Waals surface area contributed by atoms with Gasteiger partial charge in [-0.15, -0.1) is 0 Å².